The topological polar surface area (TPSA) is 58.6 Å². The number of amides is 1. The van der Waals surface area contributed by atoms with Gasteiger partial charge >= 0.3 is 0 Å². The Labute approximate surface area is 147 Å². The van der Waals surface area contributed by atoms with Gasteiger partial charge in [0, 0.05) is 6.54 Å². The van der Waals surface area contributed by atoms with Crippen LogP contribution in [0.3, 0.4) is 0 Å². The summed E-state index contributed by atoms with van der Waals surface area (Å²) < 4.78 is 18.8. The average Bonchev–Trinajstić information content (AvgIpc) is 2.57. The molecule has 0 aromatic heterocycles. The number of halogens is 1. The van der Waals surface area contributed by atoms with E-state index in [0.717, 1.165) is 11.1 Å². The molecule has 0 fully saturated rings. The molecule has 2 N–H and O–H groups in total. The van der Waals surface area contributed by atoms with Crippen LogP contribution < -0.4 is 10.1 Å². The zero-order valence-electron chi connectivity index (χ0n) is 14.8. The summed E-state index contributed by atoms with van der Waals surface area (Å²) in [5.41, 5.74) is 2.52. The largest absolute Gasteiger partial charge is 0.483 e. The van der Waals surface area contributed by atoms with Crippen molar-refractivity contribution >= 4 is 5.91 Å². The second kappa shape index (κ2) is 8.62. The van der Waals surface area contributed by atoms with Crippen LogP contribution in [0.5, 0.6) is 5.75 Å². The van der Waals surface area contributed by atoms with Crippen molar-refractivity contribution in [2.45, 2.75) is 32.8 Å². The number of aryl methyl sites for hydroxylation is 1. The number of carbonyl (C=O) groups excluding carboxylic acids is 1. The Morgan fingerprint density at radius 1 is 1.24 bits per heavy atom. The molecule has 5 heteroatoms. The molecule has 1 atom stereocenters. The van der Waals surface area contributed by atoms with Gasteiger partial charge in [-0.1, -0.05) is 38.1 Å². The SMILES string of the molecule is Cc1ccc(C(C)C)c(OCC(=O)NCC(O)c2cccc(F)c2)c1. The van der Waals surface area contributed by atoms with Crippen molar-refractivity contribution in [1.29, 1.82) is 0 Å². The minimum Gasteiger partial charge on any atom is -0.483 e. The highest BCUT2D eigenvalue weighted by atomic mass is 19.1. The number of aliphatic hydroxyl groups excluding tert-OH is 1. The number of ether oxygens (including phenoxy) is 1. The number of hydrogen-bond acceptors (Lipinski definition) is 3. The molecule has 1 unspecified atom stereocenters. The Kier molecular flexibility index (Phi) is 6.53. The molecule has 1 amide bonds. The Bertz CT molecular complexity index is 731. The van der Waals surface area contributed by atoms with Crippen molar-refractivity contribution in [3.63, 3.8) is 0 Å². The van der Waals surface area contributed by atoms with Crippen LogP contribution in [0, 0.1) is 12.7 Å². The number of aliphatic hydroxyl groups is 1. The summed E-state index contributed by atoms with van der Waals surface area (Å²) in [7, 11) is 0. The van der Waals surface area contributed by atoms with Crippen molar-refractivity contribution in [3.05, 3.63) is 65.0 Å². The normalized spacial score (nSPS) is 12.1. The predicted molar refractivity (Wildman–Crippen MR) is 95.1 cm³/mol. The maximum atomic E-state index is 13.2. The molecular formula is C20H24FNO3. The third kappa shape index (κ3) is 5.57. The summed E-state index contributed by atoms with van der Waals surface area (Å²) in [6.07, 6.45) is -0.968. The van der Waals surface area contributed by atoms with Crippen LogP contribution in [0.15, 0.2) is 42.5 Å². The van der Waals surface area contributed by atoms with E-state index in [2.05, 4.69) is 19.2 Å². The van der Waals surface area contributed by atoms with Gasteiger partial charge in [-0.25, -0.2) is 4.39 Å². The van der Waals surface area contributed by atoms with Crippen LogP contribution in [-0.4, -0.2) is 24.2 Å². The van der Waals surface area contributed by atoms with Crippen LogP contribution in [-0.2, 0) is 4.79 Å². The highest BCUT2D eigenvalue weighted by Gasteiger charge is 2.13. The van der Waals surface area contributed by atoms with Crippen LogP contribution in [0.25, 0.3) is 0 Å². The van der Waals surface area contributed by atoms with E-state index >= 15 is 0 Å². The first-order valence-electron chi connectivity index (χ1n) is 8.30. The van der Waals surface area contributed by atoms with Gasteiger partial charge < -0.3 is 15.2 Å². The van der Waals surface area contributed by atoms with Gasteiger partial charge in [0.2, 0.25) is 0 Å². The first kappa shape index (κ1) is 18.9. The molecule has 0 radical (unpaired) electrons. The van der Waals surface area contributed by atoms with Gasteiger partial charge in [0.15, 0.2) is 6.61 Å². The van der Waals surface area contributed by atoms with Crippen molar-refractivity contribution in [2.75, 3.05) is 13.2 Å². The van der Waals surface area contributed by atoms with Gasteiger partial charge in [0.1, 0.15) is 11.6 Å². The standard InChI is InChI=1S/C20H24FNO3/c1-13(2)17-8-7-14(3)9-19(17)25-12-20(24)22-11-18(23)15-5-4-6-16(21)10-15/h4-10,13,18,23H,11-12H2,1-3H3,(H,22,24). The quantitative estimate of drug-likeness (QED) is 0.808. The second-order valence-corrected chi connectivity index (χ2v) is 6.36. The highest BCUT2D eigenvalue weighted by molar-refractivity contribution is 5.77. The number of nitrogens with one attached hydrogen (secondary N) is 1. The maximum Gasteiger partial charge on any atom is 0.258 e. The van der Waals surface area contributed by atoms with Gasteiger partial charge in [-0.3, -0.25) is 4.79 Å². The van der Waals surface area contributed by atoms with Crippen molar-refractivity contribution < 1.29 is 19.0 Å². The Morgan fingerprint density at radius 3 is 2.68 bits per heavy atom. The molecule has 0 spiro atoms. The molecule has 2 rings (SSSR count). The van der Waals surface area contributed by atoms with E-state index < -0.39 is 11.9 Å². The first-order valence-corrected chi connectivity index (χ1v) is 8.30. The van der Waals surface area contributed by atoms with Crippen LogP contribution in [0.4, 0.5) is 4.39 Å². The number of carbonyl (C=O) groups is 1. The molecule has 4 nitrogen and oxygen atoms in total. The fourth-order valence-electron chi connectivity index (χ4n) is 2.48. The minimum atomic E-state index is -0.968. The third-order valence-electron chi connectivity index (χ3n) is 3.88. The van der Waals surface area contributed by atoms with E-state index in [4.69, 9.17) is 4.74 Å². The Morgan fingerprint density at radius 2 is 2.00 bits per heavy atom. The first-order chi connectivity index (χ1) is 11.9. The molecule has 2 aromatic carbocycles. The number of hydrogen-bond donors (Lipinski definition) is 2. The number of benzene rings is 2. The summed E-state index contributed by atoms with van der Waals surface area (Å²) in [4.78, 5) is 12.0. The lowest BCUT2D eigenvalue weighted by Crippen LogP contribution is -2.32. The smallest absolute Gasteiger partial charge is 0.258 e. The maximum absolute atomic E-state index is 13.2. The van der Waals surface area contributed by atoms with E-state index in [1.165, 1.54) is 18.2 Å². The van der Waals surface area contributed by atoms with Crippen LogP contribution >= 0.6 is 0 Å². The summed E-state index contributed by atoms with van der Waals surface area (Å²) in [6.45, 7) is 5.95. The number of rotatable bonds is 7. The van der Waals surface area contributed by atoms with Crippen LogP contribution in [0.1, 0.15) is 42.6 Å². The van der Waals surface area contributed by atoms with Gasteiger partial charge in [-0.2, -0.15) is 0 Å². The van der Waals surface area contributed by atoms with Gasteiger partial charge in [0.25, 0.3) is 5.91 Å². The Hall–Kier alpha value is -2.40. The monoisotopic (exact) mass is 345 g/mol. The molecule has 134 valence electrons. The summed E-state index contributed by atoms with van der Waals surface area (Å²) >= 11 is 0. The lowest BCUT2D eigenvalue weighted by atomic mass is 10.0. The molecule has 2 aromatic rings. The molecule has 0 aliphatic rings. The lowest BCUT2D eigenvalue weighted by molar-refractivity contribution is -0.123. The molecule has 0 saturated carbocycles. The van der Waals surface area contributed by atoms with Gasteiger partial charge in [-0.05, 0) is 47.7 Å². The van der Waals surface area contributed by atoms with Gasteiger partial charge in [0.05, 0.1) is 6.10 Å². The molecule has 0 bridgehead atoms. The zero-order chi connectivity index (χ0) is 18.4. The van der Waals surface area contributed by atoms with Crippen molar-refractivity contribution in [2.24, 2.45) is 0 Å². The molecular weight excluding hydrogens is 321 g/mol. The summed E-state index contributed by atoms with van der Waals surface area (Å²) in [5, 5.41) is 12.6. The van der Waals surface area contributed by atoms with Crippen molar-refractivity contribution in [3.8, 4) is 5.75 Å². The van der Waals surface area contributed by atoms with E-state index in [1.807, 2.05) is 25.1 Å². The summed E-state index contributed by atoms with van der Waals surface area (Å²) in [5.74, 6) is 0.211. The van der Waals surface area contributed by atoms with Crippen molar-refractivity contribution in [1.82, 2.24) is 5.32 Å². The second-order valence-electron chi connectivity index (χ2n) is 6.36. The molecule has 25 heavy (non-hydrogen) atoms. The van der Waals surface area contributed by atoms with E-state index in [1.54, 1.807) is 6.07 Å². The van der Waals surface area contributed by atoms with E-state index in [9.17, 15) is 14.3 Å². The zero-order valence-corrected chi connectivity index (χ0v) is 14.8. The summed E-state index contributed by atoms with van der Waals surface area (Å²) in [6, 6.07) is 11.6. The molecule has 0 heterocycles. The van der Waals surface area contributed by atoms with E-state index in [0.29, 0.717) is 11.3 Å². The third-order valence-corrected chi connectivity index (χ3v) is 3.88. The highest BCUT2D eigenvalue weighted by Crippen LogP contribution is 2.27. The fraction of sp³-hybridized carbons (Fsp3) is 0.350. The average molecular weight is 345 g/mol. The predicted octanol–water partition coefficient (Wildman–Crippen LogP) is 3.49. The molecule has 0 aliphatic heterocycles. The minimum absolute atomic E-state index is 0.00347. The van der Waals surface area contributed by atoms with Crippen LogP contribution in [0.2, 0.25) is 0 Å². The molecule has 0 aliphatic carbocycles. The molecule has 0 saturated heterocycles. The lowest BCUT2D eigenvalue weighted by Gasteiger charge is -2.16. The van der Waals surface area contributed by atoms with Gasteiger partial charge in [-0.15, -0.1) is 0 Å². The Balaban J connectivity index is 1.88. The van der Waals surface area contributed by atoms with E-state index in [-0.39, 0.29) is 25.0 Å². The fourth-order valence-corrected chi connectivity index (χ4v) is 2.48.